The zero-order chi connectivity index (χ0) is 20.5. The lowest BCUT2D eigenvalue weighted by molar-refractivity contribution is 0.305. The summed E-state index contributed by atoms with van der Waals surface area (Å²) in [6, 6.07) is 12.4. The highest BCUT2D eigenvalue weighted by Crippen LogP contribution is 2.30. The van der Waals surface area contributed by atoms with Crippen molar-refractivity contribution in [2.24, 2.45) is 4.99 Å². The topological polar surface area (TPSA) is 71.0 Å². The summed E-state index contributed by atoms with van der Waals surface area (Å²) in [6.07, 6.45) is 3.86. The minimum atomic E-state index is 0.328. The molecule has 7 nitrogen and oxygen atoms in total. The van der Waals surface area contributed by atoms with Crippen molar-refractivity contribution < 1.29 is 9.47 Å². The van der Waals surface area contributed by atoms with E-state index in [1.54, 1.807) is 14.2 Å². The highest BCUT2D eigenvalue weighted by atomic mass is 16.5. The second-order valence-electron chi connectivity index (χ2n) is 7.03. The number of nitrogens with one attached hydrogen (secondary N) is 2. The van der Waals surface area contributed by atoms with Crippen LogP contribution in [0.25, 0.3) is 0 Å². The van der Waals surface area contributed by atoms with Gasteiger partial charge < -0.3 is 25.0 Å². The summed E-state index contributed by atoms with van der Waals surface area (Å²) >= 11 is 0. The highest BCUT2D eigenvalue weighted by molar-refractivity contribution is 5.80. The molecule has 29 heavy (non-hydrogen) atoms. The molecule has 0 saturated carbocycles. The quantitative estimate of drug-likeness (QED) is 0.527. The third-order valence-corrected chi connectivity index (χ3v) is 4.89. The van der Waals surface area contributed by atoms with Crippen LogP contribution in [-0.4, -0.2) is 50.8 Å². The fraction of sp³-hybridized carbons (Fsp3) is 0.455. The zero-order valence-electron chi connectivity index (χ0n) is 17.5. The molecule has 1 aromatic heterocycles. The van der Waals surface area contributed by atoms with Crippen LogP contribution in [0.15, 0.2) is 47.6 Å². The van der Waals surface area contributed by atoms with Crippen molar-refractivity contribution in [1.29, 1.82) is 0 Å². The lowest BCUT2D eigenvalue weighted by atomic mass is 10.2. The van der Waals surface area contributed by atoms with Crippen molar-refractivity contribution in [3.8, 4) is 11.6 Å². The molecule has 0 aliphatic carbocycles. The van der Waals surface area contributed by atoms with E-state index in [0.717, 1.165) is 48.9 Å². The molecular weight excluding hydrogens is 366 g/mol. The number of hydrogen-bond acceptors (Lipinski definition) is 5. The van der Waals surface area contributed by atoms with Crippen LogP contribution < -0.4 is 25.0 Å². The average Bonchev–Trinajstić information content (AvgIpc) is 3.24. The molecule has 156 valence electrons. The smallest absolute Gasteiger partial charge is 0.213 e. The Morgan fingerprint density at radius 1 is 1.28 bits per heavy atom. The summed E-state index contributed by atoms with van der Waals surface area (Å²) in [6.45, 7) is 5.32. The Morgan fingerprint density at radius 2 is 2.14 bits per heavy atom. The van der Waals surface area contributed by atoms with Crippen LogP contribution in [0.2, 0.25) is 0 Å². The molecule has 1 saturated heterocycles. The van der Waals surface area contributed by atoms with E-state index in [0.29, 0.717) is 25.1 Å². The van der Waals surface area contributed by atoms with Gasteiger partial charge in [0.25, 0.3) is 0 Å². The predicted molar refractivity (Wildman–Crippen MR) is 117 cm³/mol. The number of aromatic nitrogens is 1. The van der Waals surface area contributed by atoms with E-state index in [2.05, 4.69) is 38.5 Å². The molecule has 1 atom stereocenters. The van der Waals surface area contributed by atoms with Crippen LogP contribution in [0, 0.1) is 0 Å². The largest absolute Gasteiger partial charge is 0.495 e. The fourth-order valence-electron chi connectivity index (χ4n) is 3.37. The van der Waals surface area contributed by atoms with Gasteiger partial charge in [-0.15, -0.1) is 0 Å². The number of aliphatic imine (C=N–C) groups is 1. The fourth-order valence-corrected chi connectivity index (χ4v) is 3.37. The van der Waals surface area contributed by atoms with Crippen molar-refractivity contribution >= 4 is 11.6 Å². The van der Waals surface area contributed by atoms with Crippen LogP contribution in [0.1, 0.15) is 25.3 Å². The lowest BCUT2D eigenvalue weighted by Gasteiger charge is -2.22. The molecule has 0 amide bonds. The molecule has 3 rings (SSSR count). The highest BCUT2D eigenvalue weighted by Gasteiger charge is 2.25. The van der Waals surface area contributed by atoms with Gasteiger partial charge in [0.05, 0.1) is 19.4 Å². The van der Waals surface area contributed by atoms with E-state index in [4.69, 9.17) is 9.47 Å². The predicted octanol–water partition coefficient (Wildman–Crippen LogP) is 2.82. The van der Waals surface area contributed by atoms with E-state index in [1.807, 2.05) is 36.5 Å². The monoisotopic (exact) mass is 397 g/mol. The Hall–Kier alpha value is -2.96. The normalized spacial score (nSPS) is 16.6. The molecular formula is C22H31N5O2. The van der Waals surface area contributed by atoms with Crippen molar-refractivity contribution in [2.45, 2.75) is 32.4 Å². The molecule has 0 radical (unpaired) electrons. The van der Waals surface area contributed by atoms with Crippen molar-refractivity contribution in [3.63, 3.8) is 0 Å². The summed E-state index contributed by atoms with van der Waals surface area (Å²) in [4.78, 5) is 11.1. The molecule has 7 heteroatoms. The van der Waals surface area contributed by atoms with Crippen molar-refractivity contribution in [2.75, 3.05) is 38.8 Å². The molecule has 1 fully saturated rings. The molecule has 1 aliphatic heterocycles. The first kappa shape index (κ1) is 20.8. The number of guanidine groups is 1. The van der Waals surface area contributed by atoms with Gasteiger partial charge in [-0.2, -0.15) is 0 Å². The van der Waals surface area contributed by atoms with Gasteiger partial charge in [0.15, 0.2) is 5.96 Å². The Labute approximate surface area is 173 Å². The van der Waals surface area contributed by atoms with E-state index in [-0.39, 0.29) is 0 Å². The summed E-state index contributed by atoms with van der Waals surface area (Å²) in [7, 11) is 3.51. The van der Waals surface area contributed by atoms with E-state index in [1.165, 1.54) is 0 Å². The Bertz CT molecular complexity index is 794. The first-order chi connectivity index (χ1) is 14.2. The number of anilines is 1. The number of para-hydroxylation sites is 2. The maximum Gasteiger partial charge on any atom is 0.213 e. The number of methoxy groups -OCH3 is 1. The number of benzene rings is 1. The minimum absolute atomic E-state index is 0.328. The molecule has 1 aromatic carbocycles. The second kappa shape index (κ2) is 10.5. The van der Waals surface area contributed by atoms with Gasteiger partial charge in [0.2, 0.25) is 5.88 Å². The molecule has 2 heterocycles. The summed E-state index contributed by atoms with van der Waals surface area (Å²) in [5.74, 6) is 2.37. The average molecular weight is 398 g/mol. The van der Waals surface area contributed by atoms with Gasteiger partial charge in [-0.25, -0.2) is 4.98 Å². The van der Waals surface area contributed by atoms with Crippen molar-refractivity contribution in [3.05, 3.63) is 48.2 Å². The minimum Gasteiger partial charge on any atom is -0.495 e. The van der Waals surface area contributed by atoms with Gasteiger partial charge in [-0.3, -0.25) is 4.99 Å². The molecule has 0 spiro atoms. The van der Waals surface area contributed by atoms with Crippen LogP contribution in [0.5, 0.6) is 11.6 Å². The van der Waals surface area contributed by atoms with Gasteiger partial charge >= 0.3 is 0 Å². The molecule has 2 N–H and O–H groups in total. The summed E-state index contributed by atoms with van der Waals surface area (Å²) in [5.41, 5.74) is 2.22. The van der Waals surface area contributed by atoms with Gasteiger partial charge in [0, 0.05) is 45.0 Å². The SMILES string of the molecule is CCCOc1ccc(CNC(=NC)NC2CCN(c3ccccc3OC)C2)cn1. The molecule has 0 bridgehead atoms. The van der Waals surface area contributed by atoms with Crippen LogP contribution in [0.3, 0.4) is 0 Å². The van der Waals surface area contributed by atoms with Crippen LogP contribution >= 0.6 is 0 Å². The van der Waals surface area contributed by atoms with Crippen LogP contribution in [0.4, 0.5) is 5.69 Å². The number of ether oxygens (including phenoxy) is 2. The Balaban J connectivity index is 1.49. The first-order valence-corrected chi connectivity index (χ1v) is 10.2. The van der Waals surface area contributed by atoms with E-state index in [9.17, 15) is 0 Å². The third kappa shape index (κ3) is 5.76. The molecule has 2 aromatic rings. The molecule has 1 aliphatic rings. The van der Waals surface area contributed by atoms with Gasteiger partial charge in [-0.05, 0) is 30.5 Å². The Kier molecular flexibility index (Phi) is 7.55. The third-order valence-electron chi connectivity index (χ3n) is 4.89. The van der Waals surface area contributed by atoms with E-state index < -0.39 is 0 Å². The first-order valence-electron chi connectivity index (χ1n) is 10.2. The summed E-state index contributed by atoms with van der Waals surface area (Å²) in [5, 5.41) is 6.89. The number of nitrogens with zero attached hydrogens (tertiary/aromatic N) is 3. The van der Waals surface area contributed by atoms with E-state index >= 15 is 0 Å². The lowest BCUT2D eigenvalue weighted by Crippen LogP contribution is -2.44. The van der Waals surface area contributed by atoms with Gasteiger partial charge in [-0.1, -0.05) is 25.1 Å². The number of rotatable bonds is 8. The van der Waals surface area contributed by atoms with Crippen LogP contribution in [-0.2, 0) is 6.54 Å². The van der Waals surface area contributed by atoms with Gasteiger partial charge in [0.1, 0.15) is 5.75 Å². The zero-order valence-corrected chi connectivity index (χ0v) is 17.5. The van der Waals surface area contributed by atoms with Crippen molar-refractivity contribution in [1.82, 2.24) is 15.6 Å². The number of pyridine rings is 1. The number of hydrogen-bond donors (Lipinski definition) is 2. The standard InChI is InChI=1S/C22H31N5O2/c1-4-13-29-21-10-9-17(14-24-21)15-25-22(23-2)26-18-11-12-27(16-18)19-7-5-6-8-20(19)28-3/h5-10,14,18H,4,11-13,15-16H2,1-3H3,(H2,23,25,26). The maximum absolute atomic E-state index is 5.53. The molecule has 1 unspecified atom stereocenters. The second-order valence-corrected chi connectivity index (χ2v) is 7.03. The Morgan fingerprint density at radius 3 is 2.86 bits per heavy atom. The summed E-state index contributed by atoms with van der Waals surface area (Å²) < 4.78 is 11.0. The maximum atomic E-state index is 5.53.